The van der Waals surface area contributed by atoms with Crippen LogP contribution in [-0.4, -0.2) is 11.9 Å². The number of halogens is 1. The van der Waals surface area contributed by atoms with Gasteiger partial charge in [-0.1, -0.05) is 48.9 Å². The molecule has 1 aliphatic heterocycles. The maximum atomic E-state index is 12.4. The molecule has 1 N–H and O–H groups in total. The molecule has 2 atom stereocenters. The van der Waals surface area contributed by atoms with E-state index in [0.717, 1.165) is 40.4 Å². The average Bonchev–Trinajstić information content (AvgIpc) is 2.75. The molecule has 154 valence electrons. The van der Waals surface area contributed by atoms with E-state index in [4.69, 9.17) is 11.6 Å². The van der Waals surface area contributed by atoms with Crippen LogP contribution in [0.3, 0.4) is 0 Å². The number of rotatable bonds is 4. The first-order chi connectivity index (χ1) is 14.5. The van der Waals surface area contributed by atoms with E-state index in [0.29, 0.717) is 0 Å². The highest BCUT2D eigenvalue weighted by molar-refractivity contribution is 6.30. The Hall–Kier alpha value is -2.78. The zero-order chi connectivity index (χ0) is 21.3. The molecule has 3 aromatic carbocycles. The van der Waals surface area contributed by atoms with Gasteiger partial charge in [0.2, 0.25) is 5.91 Å². The summed E-state index contributed by atoms with van der Waals surface area (Å²) in [4.78, 5) is 14.3. The molecule has 0 aliphatic carbocycles. The first kappa shape index (κ1) is 20.5. The van der Waals surface area contributed by atoms with E-state index in [1.807, 2.05) is 29.2 Å². The fourth-order valence-corrected chi connectivity index (χ4v) is 4.47. The smallest absolute Gasteiger partial charge is 0.224 e. The number of amides is 1. The van der Waals surface area contributed by atoms with E-state index < -0.39 is 0 Å². The predicted octanol–water partition coefficient (Wildman–Crippen LogP) is 6.87. The number of carbonyl (C=O) groups excluding carboxylic acids is 1. The molecule has 4 heteroatoms. The Labute approximate surface area is 183 Å². The van der Waals surface area contributed by atoms with Crippen LogP contribution < -0.4 is 10.2 Å². The van der Waals surface area contributed by atoms with Gasteiger partial charge in [-0.3, -0.25) is 4.79 Å². The van der Waals surface area contributed by atoms with Crippen molar-refractivity contribution in [3.63, 3.8) is 0 Å². The largest absolute Gasteiger partial charge is 0.378 e. The second-order valence-electron chi connectivity index (χ2n) is 8.00. The molecule has 0 bridgehead atoms. The molecule has 2 unspecified atom stereocenters. The van der Waals surface area contributed by atoms with Gasteiger partial charge in [-0.05, 0) is 78.4 Å². The SMILES string of the molecule is CCc1ccc(-c2ccc3c(c2)C(Nc2ccc(Cl)cc2)CC(C)N3C(C)=O)cc1. The number of carbonyl (C=O) groups is 1. The number of fused-ring (bicyclic) bond motifs is 1. The van der Waals surface area contributed by atoms with E-state index in [2.05, 4.69) is 61.6 Å². The lowest BCUT2D eigenvalue weighted by atomic mass is 9.88. The number of nitrogens with one attached hydrogen (secondary N) is 1. The molecule has 0 spiro atoms. The van der Waals surface area contributed by atoms with E-state index in [9.17, 15) is 4.79 Å². The second-order valence-corrected chi connectivity index (χ2v) is 8.44. The molecular weight excluding hydrogens is 392 g/mol. The van der Waals surface area contributed by atoms with Crippen molar-refractivity contribution in [3.8, 4) is 11.1 Å². The van der Waals surface area contributed by atoms with Crippen LogP contribution in [0.4, 0.5) is 11.4 Å². The van der Waals surface area contributed by atoms with Gasteiger partial charge in [0.25, 0.3) is 0 Å². The van der Waals surface area contributed by atoms with Gasteiger partial charge in [0.05, 0.1) is 6.04 Å². The van der Waals surface area contributed by atoms with Crippen molar-refractivity contribution in [1.82, 2.24) is 0 Å². The number of aryl methyl sites for hydroxylation is 1. The summed E-state index contributed by atoms with van der Waals surface area (Å²) in [5.74, 6) is 0.0775. The Morgan fingerprint density at radius 3 is 2.33 bits per heavy atom. The van der Waals surface area contributed by atoms with Crippen molar-refractivity contribution in [2.75, 3.05) is 10.2 Å². The lowest BCUT2D eigenvalue weighted by Gasteiger charge is -2.39. The summed E-state index contributed by atoms with van der Waals surface area (Å²) in [5.41, 5.74) is 6.84. The summed E-state index contributed by atoms with van der Waals surface area (Å²) < 4.78 is 0. The molecular formula is C26H27ClN2O. The summed E-state index contributed by atoms with van der Waals surface area (Å²) >= 11 is 6.05. The van der Waals surface area contributed by atoms with Crippen LogP contribution in [0.5, 0.6) is 0 Å². The lowest BCUT2D eigenvalue weighted by Crippen LogP contribution is -2.43. The predicted molar refractivity (Wildman–Crippen MR) is 126 cm³/mol. The summed E-state index contributed by atoms with van der Waals surface area (Å²) in [6.45, 7) is 5.92. The van der Waals surface area contributed by atoms with Crippen molar-refractivity contribution in [1.29, 1.82) is 0 Å². The van der Waals surface area contributed by atoms with Gasteiger partial charge in [-0.25, -0.2) is 0 Å². The van der Waals surface area contributed by atoms with Crippen molar-refractivity contribution >= 4 is 28.9 Å². The highest BCUT2D eigenvalue weighted by Gasteiger charge is 2.32. The third-order valence-electron chi connectivity index (χ3n) is 5.90. The van der Waals surface area contributed by atoms with Gasteiger partial charge in [0, 0.05) is 29.4 Å². The molecule has 0 fully saturated rings. The number of hydrogen-bond donors (Lipinski definition) is 1. The number of nitrogens with zero attached hydrogens (tertiary/aromatic N) is 1. The van der Waals surface area contributed by atoms with Crippen LogP contribution >= 0.6 is 11.6 Å². The van der Waals surface area contributed by atoms with E-state index in [1.54, 1.807) is 6.92 Å². The van der Waals surface area contributed by atoms with E-state index >= 15 is 0 Å². The second kappa shape index (κ2) is 8.53. The average molecular weight is 419 g/mol. The molecule has 0 saturated heterocycles. The normalized spacial score (nSPS) is 18.1. The maximum Gasteiger partial charge on any atom is 0.224 e. The highest BCUT2D eigenvalue weighted by atomic mass is 35.5. The Morgan fingerprint density at radius 2 is 1.70 bits per heavy atom. The van der Waals surface area contributed by atoms with Crippen LogP contribution in [0, 0.1) is 0 Å². The standard InChI is InChI=1S/C26H27ClN2O/c1-4-19-5-7-20(8-6-19)21-9-14-26-24(16-21)25(15-17(2)29(26)18(3)30)28-23-12-10-22(27)11-13-23/h5-14,16-17,25,28H,4,15H2,1-3H3. The fourth-order valence-electron chi connectivity index (χ4n) is 4.34. The van der Waals surface area contributed by atoms with Gasteiger partial charge in [0.15, 0.2) is 0 Å². The molecule has 1 aliphatic rings. The topological polar surface area (TPSA) is 32.3 Å². The quantitative estimate of drug-likeness (QED) is 0.501. The van der Waals surface area contributed by atoms with Crippen LogP contribution in [0.1, 0.15) is 44.4 Å². The molecule has 3 aromatic rings. The summed E-state index contributed by atoms with van der Waals surface area (Å²) in [6.07, 6.45) is 1.87. The van der Waals surface area contributed by atoms with Crippen molar-refractivity contribution in [2.24, 2.45) is 0 Å². The van der Waals surface area contributed by atoms with Crippen molar-refractivity contribution < 1.29 is 4.79 Å². The highest BCUT2D eigenvalue weighted by Crippen LogP contribution is 2.41. The number of hydrogen-bond acceptors (Lipinski definition) is 2. The first-order valence-corrected chi connectivity index (χ1v) is 10.9. The van der Waals surface area contributed by atoms with Gasteiger partial charge in [-0.2, -0.15) is 0 Å². The monoisotopic (exact) mass is 418 g/mol. The number of benzene rings is 3. The minimum atomic E-state index is 0.0775. The fraction of sp³-hybridized carbons (Fsp3) is 0.269. The molecule has 0 radical (unpaired) electrons. The third kappa shape index (κ3) is 4.08. The first-order valence-electron chi connectivity index (χ1n) is 10.5. The zero-order valence-electron chi connectivity index (χ0n) is 17.7. The Balaban J connectivity index is 1.75. The van der Waals surface area contributed by atoms with Crippen LogP contribution in [-0.2, 0) is 11.2 Å². The lowest BCUT2D eigenvalue weighted by molar-refractivity contribution is -0.117. The summed E-state index contributed by atoms with van der Waals surface area (Å²) in [5, 5.41) is 4.38. The van der Waals surface area contributed by atoms with Crippen molar-refractivity contribution in [3.05, 3.63) is 82.9 Å². The number of anilines is 2. The van der Waals surface area contributed by atoms with Gasteiger partial charge >= 0.3 is 0 Å². The summed E-state index contributed by atoms with van der Waals surface area (Å²) in [7, 11) is 0. The Morgan fingerprint density at radius 1 is 1.03 bits per heavy atom. The van der Waals surface area contributed by atoms with Crippen LogP contribution in [0.15, 0.2) is 66.7 Å². The van der Waals surface area contributed by atoms with Gasteiger partial charge in [0.1, 0.15) is 0 Å². The molecule has 1 heterocycles. The van der Waals surface area contributed by atoms with Crippen LogP contribution in [0.25, 0.3) is 11.1 Å². The van der Waals surface area contributed by atoms with E-state index in [1.165, 1.54) is 11.1 Å². The Kier molecular flexibility index (Phi) is 5.83. The molecule has 0 saturated carbocycles. The van der Waals surface area contributed by atoms with Gasteiger partial charge in [-0.15, -0.1) is 0 Å². The molecule has 1 amide bonds. The minimum Gasteiger partial charge on any atom is -0.378 e. The molecule has 30 heavy (non-hydrogen) atoms. The minimum absolute atomic E-state index is 0.0775. The maximum absolute atomic E-state index is 12.4. The van der Waals surface area contributed by atoms with Gasteiger partial charge < -0.3 is 10.2 Å². The summed E-state index contributed by atoms with van der Waals surface area (Å²) in [6, 6.07) is 23.2. The zero-order valence-corrected chi connectivity index (χ0v) is 18.4. The van der Waals surface area contributed by atoms with E-state index in [-0.39, 0.29) is 18.0 Å². The van der Waals surface area contributed by atoms with Crippen LogP contribution in [0.2, 0.25) is 5.02 Å². The molecule has 0 aromatic heterocycles. The Bertz CT molecular complexity index is 1040. The molecule has 4 rings (SSSR count). The third-order valence-corrected chi connectivity index (χ3v) is 6.15. The molecule has 3 nitrogen and oxygen atoms in total. The van der Waals surface area contributed by atoms with Crippen molar-refractivity contribution in [2.45, 2.75) is 45.7 Å².